The van der Waals surface area contributed by atoms with Gasteiger partial charge >= 0.3 is 0 Å². The highest BCUT2D eigenvalue weighted by atomic mass is 17.3. The second kappa shape index (κ2) is 3.06. The summed E-state index contributed by atoms with van der Waals surface area (Å²) in [6.45, 7) is 6.31. The topological polar surface area (TPSA) is 27.7 Å². The average Bonchev–Trinajstić information content (AvgIpc) is 2.58. The number of fused-ring (bicyclic) bond motifs is 4. The standard InChI is InChI=1S/C13H16O3/c1-12(2,3)13-8-9-6-4-5-7-10(9)11(14-13)15-16-13/h4-7,11H,8H2,1-3H3/t11-,13-/m0/s1. The van der Waals surface area contributed by atoms with Crippen molar-refractivity contribution in [1.29, 1.82) is 0 Å². The maximum absolute atomic E-state index is 5.93. The summed E-state index contributed by atoms with van der Waals surface area (Å²) in [5.74, 6) is -0.647. The van der Waals surface area contributed by atoms with Gasteiger partial charge in [0.25, 0.3) is 0 Å². The van der Waals surface area contributed by atoms with E-state index >= 15 is 0 Å². The molecule has 0 aliphatic carbocycles. The van der Waals surface area contributed by atoms with Gasteiger partial charge in [-0.15, -0.1) is 0 Å². The molecule has 2 atom stereocenters. The SMILES string of the molecule is CC(C)(C)[C@]12Cc3ccccc3[C@H](OO1)O2. The van der Waals surface area contributed by atoms with Gasteiger partial charge in [0.2, 0.25) is 12.1 Å². The fourth-order valence-electron chi connectivity index (χ4n) is 2.26. The highest BCUT2D eigenvalue weighted by molar-refractivity contribution is 5.32. The molecule has 0 radical (unpaired) electrons. The maximum Gasteiger partial charge on any atom is 0.220 e. The molecule has 3 rings (SSSR count). The zero-order valence-corrected chi connectivity index (χ0v) is 9.82. The third-order valence-corrected chi connectivity index (χ3v) is 3.44. The molecule has 0 amide bonds. The quantitative estimate of drug-likeness (QED) is 0.629. The monoisotopic (exact) mass is 220 g/mol. The summed E-state index contributed by atoms with van der Waals surface area (Å²) in [5, 5.41) is 0. The molecule has 1 aromatic rings. The molecule has 2 aliphatic rings. The fourth-order valence-corrected chi connectivity index (χ4v) is 2.26. The summed E-state index contributed by atoms with van der Waals surface area (Å²) in [5.41, 5.74) is 2.22. The van der Waals surface area contributed by atoms with Crippen LogP contribution in [0.15, 0.2) is 24.3 Å². The number of hydrogen-bond donors (Lipinski definition) is 0. The van der Waals surface area contributed by atoms with Gasteiger partial charge in [-0.05, 0) is 5.56 Å². The molecule has 3 nitrogen and oxygen atoms in total. The van der Waals surface area contributed by atoms with Gasteiger partial charge in [0.1, 0.15) is 0 Å². The molecule has 3 heteroatoms. The summed E-state index contributed by atoms with van der Waals surface area (Å²) >= 11 is 0. The van der Waals surface area contributed by atoms with Crippen LogP contribution in [0.1, 0.15) is 38.2 Å². The van der Waals surface area contributed by atoms with Gasteiger partial charge in [0, 0.05) is 17.4 Å². The Morgan fingerprint density at radius 3 is 2.75 bits per heavy atom. The van der Waals surface area contributed by atoms with Crippen LogP contribution in [-0.2, 0) is 20.9 Å². The molecule has 2 heterocycles. The van der Waals surface area contributed by atoms with Crippen LogP contribution in [-0.4, -0.2) is 5.79 Å². The van der Waals surface area contributed by atoms with Gasteiger partial charge in [-0.25, -0.2) is 0 Å². The Kier molecular flexibility index (Phi) is 1.97. The van der Waals surface area contributed by atoms with Crippen molar-refractivity contribution in [2.45, 2.75) is 39.3 Å². The van der Waals surface area contributed by atoms with Crippen molar-refractivity contribution in [2.75, 3.05) is 0 Å². The molecule has 2 bridgehead atoms. The van der Waals surface area contributed by atoms with Gasteiger partial charge in [0.15, 0.2) is 0 Å². The molecular formula is C13H16O3. The molecule has 0 aromatic heterocycles. The number of benzene rings is 1. The zero-order valence-electron chi connectivity index (χ0n) is 9.82. The fraction of sp³-hybridized carbons (Fsp3) is 0.538. The summed E-state index contributed by atoms with van der Waals surface area (Å²) in [6.07, 6.45) is 0.368. The number of rotatable bonds is 0. The minimum atomic E-state index is -0.647. The van der Waals surface area contributed by atoms with E-state index in [4.69, 9.17) is 14.5 Å². The van der Waals surface area contributed by atoms with E-state index in [2.05, 4.69) is 26.8 Å². The smallest absolute Gasteiger partial charge is 0.220 e. The highest BCUT2D eigenvalue weighted by Crippen LogP contribution is 2.51. The van der Waals surface area contributed by atoms with E-state index < -0.39 is 5.79 Å². The normalized spacial score (nSPS) is 32.6. The van der Waals surface area contributed by atoms with Gasteiger partial charge in [-0.3, -0.25) is 0 Å². The van der Waals surface area contributed by atoms with Crippen LogP contribution in [0, 0.1) is 5.41 Å². The predicted molar refractivity (Wildman–Crippen MR) is 58.3 cm³/mol. The second-order valence-electron chi connectivity index (χ2n) is 5.51. The van der Waals surface area contributed by atoms with Gasteiger partial charge in [0.05, 0.1) is 0 Å². The van der Waals surface area contributed by atoms with Crippen LogP contribution in [0.2, 0.25) is 0 Å². The molecule has 0 N–H and O–H groups in total. The molecule has 0 unspecified atom stereocenters. The summed E-state index contributed by atoms with van der Waals surface area (Å²) in [7, 11) is 0. The van der Waals surface area contributed by atoms with E-state index in [1.165, 1.54) is 5.56 Å². The van der Waals surface area contributed by atoms with E-state index in [9.17, 15) is 0 Å². The first-order valence-corrected chi connectivity index (χ1v) is 5.62. The van der Waals surface area contributed by atoms with Gasteiger partial charge in [-0.2, -0.15) is 9.78 Å². The molecule has 0 spiro atoms. The van der Waals surface area contributed by atoms with Crippen LogP contribution in [0.3, 0.4) is 0 Å². The van der Waals surface area contributed by atoms with E-state index in [1.807, 2.05) is 18.2 Å². The third kappa shape index (κ3) is 1.25. The van der Waals surface area contributed by atoms with Crippen molar-refractivity contribution in [3.63, 3.8) is 0 Å². The first-order valence-electron chi connectivity index (χ1n) is 5.62. The molecular weight excluding hydrogens is 204 g/mol. The molecule has 16 heavy (non-hydrogen) atoms. The minimum Gasteiger partial charge on any atom is -0.310 e. The number of ether oxygens (including phenoxy) is 1. The Bertz CT molecular complexity index is 421. The lowest BCUT2D eigenvalue weighted by atomic mass is 9.79. The number of hydrogen-bond acceptors (Lipinski definition) is 3. The summed E-state index contributed by atoms with van der Waals surface area (Å²) in [6, 6.07) is 8.18. The molecule has 0 saturated carbocycles. The predicted octanol–water partition coefficient (Wildman–Crippen LogP) is 2.96. The largest absolute Gasteiger partial charge is 0.310 e. The molecule has 86 valence electrons. The van der Waals surface area contributed by atoms with E-state index in [1.54, 1.807) is 0 Å². The Morgan fingerprint density at radius 2 is 2.00 bits per heavy atom. The van der Waals surface area contributed by atoms with Crippen LogP contribution in [0.5, 0.6) is 0 Å². The van der Waals surface area contributed by atoms with E-state index in [0.717, 1.165) is 12.0 Å². The third-order valence-electron chi connectivity index (χ3n) is 3.44. The van der Waals surface area contributed by atoms with Gasteiger partial charge in [-0.1, -0.05) is 45.0 Å². The first-order chi connectivity index (χ1) is 7.52. The molecule has 2 aliphatic heterocycles. The lowest BCUT2D eigenvalue weighted by molar-refractivity contribution is -0.353. The van der Waals surface area contributed by atoms with Crippen LogP contribution in [0.4, 0.5) is 0 Å². The van der Waals surface area contributed by atoms with Crippen LogP contribution < -0.4 is 0 Å². The lowest BCUT2D eigenvalue weighted by Gasteiger charge is -2.39. The van der Waals surface area contributed by atoms with Crippen molar-refractivity contribution in [1.82, 2.24) is 0 Å². The van der Waals surface area contributed by atoms with Crippen LogP contribution in [0.25, 0.3) is 0 Å². The zero-order chi connectivity index (χ0) is 11.4. The Balaban J connectivity index is 2.07. The molecule has 1 saturated heterocycles. The average molecular weight is 220 g/mol. The van der Waals surface area contributed by atoms with E-state index in [0.29, 0.717) is 0 Å². The Hall–Kier alpha value is -0.900. The van der Waals surface area contributed by atoms with Crippen molar-refractivity contribution >= 4 is 0 Å². The van der Waals surface area contributed by atoms with Crippen molar-refractivity contribution < 1.29 is 14.5 Å². The van der Waals surface area contributed by atoms with Crippen molar-refractivity contribution in [3.8, 4) is 0 Å². The van der Waals surface area contributed by atoms with E-state index in [-0.39, 0.29) is 11.7 Å². The highest BCUT2D eigenvalue weighted by Gasteiger charge is 2.56. The van der Waals surface area contributed by atoms with Crippen molar-refractivity contribution in [3.05, 3.63) is 35.4 Å². The molecule has 1 aromatic carbocycles. The lowest BCUT2D eigenvalue weighted by Crippen LogP contribution is -2.47. The minimum absolute atomic E-state index is 0.116. The summed E-state index contributed by atoms with van der Waals surface area (Å²) in [4.78, 5) is 10.8. The second-order valence-corrected chi connectivity index (χ2v) is 5.51. The first kappa shape index (κ1) is 10.3. The van der Waals surface area contributed by atoms with Gasteiger partial charge < -0.3 is 4.74 Å². The van der Waals surface area contributed by atoms with Crippen LogP contribution >= 0.6 is 0 Å². The molecule has 1 fully saturated rings. The maximum atomic E-state index is 5.93. The Labute approximate surface area is 95.2 Å². The Morgan fingerprint density at radius 1 is 1.25 bits per heavy atom. The summed E-state index contributed by atoms with van der Waals surface area (Å²) < 4.78 is 5.93. The van der Waals surface area contributed by atoms with Crippen molar-refractivity contribution in [2.24, 2.45) is 5.41 Å².